The topological polar surface area (TPSA) is 71.8 Å². The molecule has 4 rings (SSSR count). The van der Waals surface area contributed by atoms with Crippen molar-refractivity contribution in [2.45, 2.75) is 50.4 Å². The van der Waals surface area contributed by atoms with Crippen LogP contribution in [0.2, 0.25) is 0 Å². The number of pyridine rings is 1. The van der Waals surface area contributed by atoms with Gasteiger partial charge in [0, 0.05) is 38.7 Å². The predicted octanol–water partition coefficient (Wildman–Crippen LogP) is 3.24. The van der Waals surface area contributed by atoms with Crippen molar-refractivity contribution in [2.24, 2.45) is 7.05 Å². The molecule has 1 spiro atoms. The lowest BCUT2D eigenvalue weighted by atomic mass is 9.94. The fourth-order valence-electron chi connectivity index (χ4n) is 4.31. The molecular weight excluding hydrogens is 356 g/mol. The largest absolute Gasteiger partial charge is 0.443 e. The Bertz CT molecular complexity index is 936. The SMILES string of the molecule is C[C@@H](c1ccc(-c2ccn(C)c(=O)c2)cc1)N1CC[C@@]2(CC[C@H](O)C2)OC1=O. The zero-order chi connectivity index (χ0) is 19.9. The van der Waals surface area contributed by atoms with Crippen molar-refractivity contribution in [1.82, 2.24) is 9.47 Å². The van der Waals surface area contributed by atoms with E-state index < -0.39 is 5.60 Å². The Kier molecular flexibility index (Phi) is 4.75. The van der Waals surface area contributed by atoms with Crippen LogP contribution in [-0.2, 0) is 11.8 Å². The maximum atomic E-state index is 12.6. The van der Waals surface area contributed by atoms with Crippen LogP contribution < -0.4 is 5.56 Å². The first-order valence-electron chi connectivity index (χ1n) is 9.82. The first-order chi connectivity index (χ1) is 13.4. The highest BCUT2D eigenvalue weighted by atomic mass is 16.6. The number of benzene rings is 1. The summed E-state index contributed by atoms with van der Waals surface area (Å²) < 4.78 is 7.31. The van der Waals surface area contributed by atoms with E-state index in [1.165, 1.54) is 4.57 Å². The molecule has 3 atom stereocenters. The highest BCUT2D eigenvalue weighted by Gasteiger charge is 2.46. The number of aromatic nitrogens is 1. The third-order valence-electron chi connectivity index (χ3n) is 6.19. The summed E-state index contributed by atoms with van der Waals surface area (Å²) in [7, 11) is 1.73. The van der Waals surface area contributed by atoms with Gasteiger partial charge in [0.25, 0.3) is 5.56 Å². The van der Waals surface area contributed by atoms with Crippen LogP contribution in [0.4, 0.5) is 4.79 Å². The molecule has 2 heterocycles. The summed E-state index contributed by atoms with van der Waals surface area (Å²) in [5, 5.41) is 9.81. The average molecular weight is 382 g/mol. The van der Waals surface area contributed by atoms with Crippen molar-refractivity contribution in [1.29, 1.82) is 0 Å². The summed E-state index contributed by atoms with van der Waals surface area (Å²) in [6.45, 7) is 2.62. The Labute approximate surface area is 164 Å². The first kappa shape index (κ1) is 18.7. The van der Waals surface area contributed by atoms with Crippen LogP contribution in [0.3, 0.4) is 0 Å². The Morgan fingerprint density at radius 3 is 2.50 bits per heavy atom. The van der Waals surface area contributed by atoms with E-state index in [1.807, 2.05) is 37.3 Å². The summed E-state index contributed by atoms with van der Waals surface area (Å²) in [6, 6.07) is 11.4. The van der Waals surface area contributed by atoms with Crippen molar-refractivity contribution >= 4 is 6.09 Å². The monoisotopic (exact) mass is 382 g/mol. The predicted molar refractivity (Wildman–Crippen MR) is 106 cm³/mol. The number of amides is 1. The third-order valence-corrected chi connectivity index (χ3v) is 6.19. The molecule has 2 aromatic rings. The van der Waals surface area contributed by atoms with E-state index in [0.29, 0.717) is 19.4 Å². The number of aryl methyl sites for hydroxylation is 1. The summed E-state index contributed by atoms with van der Waals surface area (Å²) >= 11 is 0. The van der Waals surface area contributed by atoms with Crippen LogP contribution in [0.5, 0.6) is 0 Å². The minimum absolute atomic E-state index is 0.0445. The second-order valence-corrected chi connectivity index (χ2v) is 8.05. The maximum Gasteiger partial charge on any atom is 0.410 e. The molecule has 0 unspecified atom stereocenters. The van der Waals surface area contributed by atoms with Gasteiger partial charge in [0.2, 0.25) is 0 Å². The molecule has 1 N–H and O–H groups in total. The molecule has 1 aromatic carbocycles. The molecular formula is C22H26N2O4. The van der Waals surface area contributed by atoms with Gasteiger partial charge in [0.15, 0.2) is 0 Å². The van der Waals surface area contributed by atoms with Crippen LogP contribution in [0.1, 0.15) is 44.2 Å². The zero-order valence-corrected chi connectivity index (χ0v) is 16.3. The lowest BCUT2D eigenvalue weighted by molar-refractivity contribution is -0.0572. The Hall–Kier alpha value is -2.60. The van der Waals surface area contributed by atoms with Gasteiger partial charge in [-0.25, -0.2) is 4.79 Å². The van der Waals surface area contributed by atoms with E-state index in [4.69, 9.17) is 4.74 Å². The molecule has 6 nitrogen and oxygen atoms in total. The van der Waals surface area contributed by atoms with E-state index in [2.05, 4.69) is 0 Å². The van der Waals surface area contributed by atoms with Crippen molar-refractivity contribution in [2.75, 3.05) is 6.54 Å². The van der Waals surface area contributed by atoms with Gasteiger partial charge >= 0.3 is 6.09 Å². The molecule has 28 heavy (non-hydrogen) atoms. The van der Waals surface area contributed by atoms with Crippen LogP contribution in [0.25, 0.3) is 11.1 Å². The van der Waals surface area contributed by atoms with Gasteiger partial charge in [-0.05, 0) is 42.5 Å². The molecule has 1 saturated carbocycles. The number of aliphatic hydroxyl groups excluding tert-OH is 1. The molecule has 6 heteroatoms. The number of nitrogens with zero attached hydrogens (tertiary/aromatic N) is 2. The smallest absolute Gasteiger partial charge is 0.410 e. The molecule has 0 bridgehead atoms. The number of carbonyl (C=O) groups excluding carboxylic acids is 1. The summed E-state index contributed by atoms with van der Waals surface area (Å²) in [5.74, 6) is 0. The highest BCUT2D eigenvalue weighted by Crippen LogP contribution is 2.41. The molecule has 1 amide bonds. The summed E-state index contributed by atoms with van der Waals surface area (Å²) in [5.41, 5.74) is 2.34. The molecule has 1 saturated heterocycles. The normalized spacial score (nSPS) is 25.8. The summed E-state index contributed by atoms with van der Waals surface area (Å²) in [4.78, 5) is 26.2. The van der Waals surface area contributed by atoms with E-state index in [0.717, 1.165) is 29.5 Å². The maximum absolute atomic E-state index is 12.6. The second-order valence-electron chi connectivity index (χ2n) is 8.05. The van der Waals surface area contributed by atoms with Crippen molar-refractivity contribution < 1.29 is 14.6 Å². The standard InChI is InChI=1S/C22H26N2O4/c1-15(24-12-10-22(28-21(24)27)9-7-19(25)14-22)16-3-5-17(6-4-16)18-8-11-23(2)20(26)13-18/h3-6,8,11,13,15,19,25H,7,9-10,12,14H2,1-2H3/t15-,19-,22+/m0/s1. The number of aliphatic hydroxyl groups is 1. The zero-order valence-electron chi connectivity index (χ0n) is 16.3. The fourth-order valence-corrected chi connectivity index (χ4v) is 4.31. The van der Waals surface area contributed by atoms with E-state index in [9.17, 15) is 14.7 Å². The Balaban J connectivity index is 1.48. The third kappa shape index (κ3) is 3.44. The van der Waals surface area contributed by atoms with Gasteiger partial charge in [-0.2, -0.15) is 0 Å². The van der Waals surface area contributed by atoms with E-state index in [1.54, 1.807) is 24.2 Å². The number of ether oxygens (including phenoxy) is 1. The lowest BCUT2D eigenvalue weighted by Crippen LogP contribution is -2.49. The molecule has 2 fully saturated rings. The molecule has 2 aliphatic rings. The van der Waals surface area contributed by atoms with Crippen molar-refractivity contribution in [3.8, 4) is 11.1 Å². The van der Waals surface area contributed by atoms with Crippen LogP contribution >= 0.6 is 0 Å². The molecule has 148 valence electrons. The van der Waals surface area contributed by atoms with Gasteiger partial charge in [0.1, 0.15) is 5.60 Å². The van der Waals surface area contributed by atoms with Gasteiger partial charge in [-0.3, -0.25) is 4.79 Å². The van der Waals surface area contributed by atoms with E-state index >= 15 is 0 Å². The molecule has 1 aromatic heterocycles. The second kappa shape index (κ2) is 7.09. The number of carbonyl (C=O) groups is 1. The van der Waals surface area contributed by atoms with Crippen LogP contribution in [0, 0.1) is 0 Å². The molecule has 1 aliphatic heterocycles. The number of hydrogen-bond acceptors (Lipinski definition) is 4. The van der Waals surface area contributed by atoms with Crippen molar-refractivity contribution in [3.63, 3.8) is 0 Å². The summed E-state index contributed by atoms with van der Waals surface area (Å²) in [6.07, 6.45) is 3.84. The first-order valence-corrected chi connectivity index (χ1v) is 9.82. The number of hydrogen-bond donors (Lipinski definition) is 1. The van der Waals surface area contributed by atoms with Gasteiger partial charge < -0.3 is 19.3 Å². The molecule has 0 radical (unpaired) electrons. The quantitative estimate of drug-likeness (QED) is 0.885. The Morgan fingerprint density at radius 1 is 1.14 bits per heavy atom. The van der Waals surface area contributed by atoms with Crippen molar-refractivity contribution in [3.05, 3.63) is 58.5 Å². The van der Waals surface area contributed by atoms with Gasteiger partial charge in [0.05, 0.1) is 12.1 Å². The average Bonchev–Trinajstić information content (AvgIpc) is 3.03. The van der Waals surface area contributed by atoms with Gasteiger partial charge in [-0.1, -0.05) is 24.3 Å². The molecule has 1 aliphatic carbocycles. The Morgan fingerprint density at radius 2 is 1.89 bits per heavy atom. The van der Waals surface area contributed by atoms with Crippen LogP contribution in [0.15, 0.2) is 47.4 Å². The minimum Gasteiger partial charge on any atom is -0.443 e. The highest BCUT2D eigenvalue weighted by molar-refractivity contribution is 5.70. The van der Waals surface area contributed by atoms with Crippen LogP contribution in [-0.4, -0.2) is 38.9 Å². The van der Waals surface area contributed by atoms with E-state index in [-0.39, 0.29) is 23.8 Å². The fraction of sp³-hybridized carbons (Fsp3) is 0.455. The minimum atomic E-state index is -0.476. The lowest BCUT2D eigenvalue weighted by Gasteiger charge is -2.41. The number of rotatable bonds is 3. The van der Waals surface area contributed by atoms with Gasteiger partial charge in [-0.15, -0.1) is 0 Å².